The number of H-pyrrole nitrogens is 1. The van der Waals surface area contributed by atoms with E-state index in [1.165, 1.54) is 0 Å². The van der Waals surface area contributed by atoms with E-state index in [4.69, 9.17) is 9.47 Å². The van der Waals surface area contributed by atoms with Gasteiger partial charge in [0.15, 0.2) is 11.5 Å². The summed E-state index contributed by atoms with van der Waals surface area (Å²) >= 11 is 0. The van der Waals surface area contributed by atoms with Gasteiger partial charge < -0.3 is 19.8 Å². The van der Waals surface area contributed by atoms with Gasteiger partial charge in [0, 0.05) is 25.1 Å². The minimum atomic E-state index is -0.508. The Bertz CT molecular complexity index is 932. The molecule has 154 valence electrons. The zero-order chi connectivity index (χ0) is 20.7. The molecule has 0 aliphatic heterocycles. The van der Waals surface area contributed by atoms with E-state index in [1.807, 2.05) is 27.7 Å². The van der Waals surface area contributed by atoms with Gasteiger partial charge in [-0.1, -0.05) is 6.92 Å². The zero-order valence-corrected chi connectivity index (χ0v) is 17.0. The number of benzene rings is 1. The molecule has 1 aromatic carbocycles. The summed E-state index contributed by atoms with van der Waals surface area (Å²) in [6.45, 7) is 8.64. The summed E-state index contributed by atoms with van der Waals surface area (Å²) in [5.41, 5.74) is -0.524. The lowest BCUT2D eigenvalue weighted by atomic mass is 10.2. The normalized spacial score (nSPS) is 12.0. The fourth-order valence-electron chi connectivity index (χ4n) is 2.85. The second-order valence-corrected chi connectivity index (χ2v) is 6.58. The van der Waals surface area contributed by atoms with Gasteiger partial charge in [0.1, 0.15) is 0 Å². The van der Waals surface area contributed by atoms with Crippen molar-refractivity contribution in [1.82, 2.24) is 14.9 Å². The van der Waals surface area contributed by atoms with Gasteiger partial charge in [-0.05, 0) is 39.7 Å². The van der Waals surface area contributed by atoms with Gasteiger partial charge >= 0.3 is 5.69 Å². The summed E-state index contributed by atoms with van der Waals surface area (Å²) in [6.07, 6.45) is 1.50. The number of aromatic nitrogens is 2. The van der Waals surface area contributed by atoms with Gasteiger partial charge in [-0.25, -0.2) is 4.79 Å². The molecule has 0 radical (unpaired) electrons. The number of nitrogens with one attached hydrogen (secondary N) is 2. The molecule has 1 heterocycles. The second kappa shape index (κ2) is 9.96. The molecule has 28 heavy (non-hydrogen) atoms. The number of nitrogens with zero attached hydrogens (tertiary/aromatic N) is 1. The minimum absolute atomic E-state index is 0.0837. The zero-order valence-electron chi connectivity index (χ0n) is 17.0. The van der Waals surface area contributed by atoms with Gasteiger partial charge in [-0.3, -0.25) is 14.2 Å². The maximum absolute atomic E-state index is 12.8. The Labute approximate surface area is 163 Å². The van der Waals surface area contributed by atoms with Crippen LogP contribution in [-0.4, -0.2) is 34.7 Å². The molecule has 1 atom stereocenters. The summed E-state index contributed by atoms with van der Waals surface area (Å²) in [6, 6.07) is 3.31. The van der Waals surface area contributed by atoms with E-state index in [0.717, 1.165) is 11.0 Å². The van der Waals surface area contributed by atoms with Crippen LogP contribution in [0.3, 0.4) is 0 Å². The van der Waals surface area contributed by atoms with Crippen LogP contribution >= 0.6 is 0 Å². The molecule has 0 aliphatic rings. The van der Waals surface area contributed by atoms with Crippen molar-refractivity contribution in [2.45, 2.75) is 59.5 Å². The molecule has 1 unspecified atom stereocenters. The van der Waals surface area contributed by atoms with Crippen molar-refractivity contribution < 1.29 is 14.3 Å². The standard InChI is InChI=1S/C20H29N3O5/c1-5-13(4)21-18(24)9-8-10-23-19(25)14-11-16(27-6-2)17(28-7-3)12-15(14)22-20(23)26/h11-13H,5-10H2,1-4H3,(H,21,24)(H,22,26). The van der Waals surface area contributed by atoms with Crippen LogP contribution in [0.25, 0.3) is 10.9 Å². The van der Waals surface area contributed by atoms with Crippen LogP contribution in [0.15, 0.2) is 21.7 Å². The quantitative estimate of drug-likeness (QED) is 0.646. The molecular weight excluding hydrogens is 362 g/mol. The highest BCUT2D eigenvalue weighted by Gasteiger charge is 2.14. The molecule has 2 rings (SSSR count). The number of hydrogen-bond acceptors (Lipinski definition) is 5. The largest absolute Gasteiger partial charge is 0.490 e. The lowest BCUT2D eigenvalue weighted by Crippen LogP contribution is -2.36. The number of carbonyl (C=O) groups excluding carboxylic acids is 1. The predicted molar refractivity (Wildman–Crippen MR) is 108 cm³/mol. The van der Waals surface area contributed by atoms with E-state index < -0.39 is 11.2 Å². The Morgan fingerprint density at radius 3 is 2.39 bits per heavy atom. The van der Waals surface area contributed by atoms with Crippen molar-refractivity contribution in [2.24, 2.45) is 0 Å². The molecule has 0 fully saturated rings. The Morgan fingerprint density at radius 2 is 1.79 bits per heavy atom. The van der Waals surface area contributed by atoms with Crippen molar-refractivity contribution in [1.29, 1.82) is 0 Å². The number of aromatic amines is 1. The monoisotopic (exact) mass is 391 g/mol. The maximum Gasteiger partial charge on any atom is 0.328 e. The molecule has 0 spiro atoms. The molecule has 1 aromatic heterocycles. The van der Waals surface area contributed by atoms with E-state index in [0.29, 0.717) is 42.0 Å². The van der Waals surface area contributed by atoms with Crippen molar-refractivity contribution in [3.8, 4) is 11.5 Å². The Kier molecular flexibility index (Phi) is 7.66. The summed E-state index contributed by atoms with van der Waals surface area (Å²) in [4.78, 5) is 39.8. The average Bonchev–Trinajstić information content (AvgIpc) is 2.65. The minimum Gasteiger partial charge on any atom is -0.490 e. The second-order valence-electron chi connectivity index (χ2n) is 6.58. The van der Waals surface area contributed by atoms with Crippen LogP contribution in [0.5, 0.6) is 11.5 Å². The number of carbonyl (C=O) groups is 1. The summed E-state index contributed by atoms with van der Waals surface area (Å²) in [7, 11) is 0. The third-order valence-corrected chi connectivity index (χ3v) is 4.45. The number of ether oxygens (including phenoxy) is 2. The first-order valence-electron chi connectivity index (χ1n) is 9.77. The van der Waals surface area contributed by atoms with Gasteiger partial charge in [0.05, 0.1) is 24.1 Å². The van der Waals surface area contributed by atoms with Crippen molar-refractivity contribution >= 4 is 16.8 Å². The first-order chi connectivity index (χ1) is 13.4. The van der Waals surface area contributed by atoms with Gasteiger partial charge in [-0.15, -0.1) is 0 Å². The average molecular weight is 391 g/mol. The highest BCUT2D eigenvalue weighted by molar-refractivity contribution is 5.81. The Hall–Kier alpha value is -2.77. The van der Waals surface area contributed by atoms with E-state index in [9.17, 15) is 14.4 Å². The van der Waals surface area contributed by atoms with Crippen LogP contribution in [-0.2, 0) is 11.3 Å². The number of fused-ring (bicyclic) bond motifs is 1. The molecule has 2 N–H and O–H groups in total. The van der Waals surface area contributed by atoms with E-state index in [2.05, 4.69) is 10.3 Å². The highest BCUT2D eigenvalue weighted by atomic mass is 16.5. The Balaban J connectivity index is 2.27. The van der Waals surface area contributed by atoms with Crippen LogP contribution in [0, 0.1) is 0 Å². The fourth-order valence-corrected chi connectivity index (χ4v) is 2.85. The summed E-state index contributed by atoms with van der Waals surface area (Å²) in [5, 5.41) is 3.21. The first-order valence-corrected chi connectivity index (χ1v) is 9.77. The van der Waals surface area contributed by atoms with E-state index in [-0.39, 0.29) is 24.9 Å². The van der Waals surface area contributed by atoms with Gasteiger partial charge in [0.2, 0.25) is 5.91 Å². The molecular formula is C20H29N3O5. The molecule has 1 amide bonds. The highest BCUT2D eigenvalue weighted by Crippen LogP contribution is 2.30. The third-order valence-electron chi connectivity index (χ3n) is 4.45. The van der Waals surface area contributed by atoms with Crippen LogP contribution < -0.4 is 26.0 Å². The summed E-state index contributed by atoms with van der Waals surface area (Å²) < 4.78 is 12.2. The molecule has 8 nitrogen and oxygen atoms in total. The molecule has 0 saturated carbocycles. The smallest absolute Gasteiger partial charge is 0.328 e. The number of amides is 1. The molecule has 0 saturated heterocycles. The van der Waals surface area contributed by atoms with Crippen molar-refractivity contribution in [2.75, 3.05) is 13.2 Å². The predicted octanol–water partition coefficient (Wildman–Crippen LogP) is 2.18. The third kappa shape index (κ3) is 5.15. The SMILES string of the molecule is CCOc1cc2[nH]c(=O)n(CCCC(=O)NC(C)CC)c(=O)c2cc1OCC. The van der Waals surface area contributed by atoms with E-state index in [1.54, 1.807) is 12.1 Å². The maximum atomic E-state index is 12.8. The molecule has 2 aromatic rings. The van der Waals surface area contributed by atoms with Crippen molar-refractivity contribution in [3.05, 3.63) is 33.0 Å². The number of rotatable bonds is 10. The van der Waals surface area contributed by atoms with E-state index >= 15 is 0 Å². The topological polar surface area (TPSA) is 102 Å². The summed E-state index contributed by atoms with van der Waals surface area (Å²) in [5.74, 6) is 0.853. The van der Waals surface area contributed by atoms with Gasteiger partial charge in [-0.2, -0.15) is 0 Å². The van der Waals surface area contributed by atoms with Crippen LogP contribution in [0.2, 0.25) is 0 Å². The lowest BCUT2D eigenvalue weighted by Gasteiger charge is -2.13. The molecule has 0 bridgehead atoms. The van der Waals surface area contributed by atoms with Gasteiger partial charge in [0.25, 0.3) is 5.56 Å². The molecule has 8 heteroatoms. The molecule has 0 aliphatic carbocycles. The first kappa shape index (κ1) is 21.5. The van der Waals surface area contributed by atoms with Crippen LogP contribution in [0.1, 0.15) is 47.0 Å². The lowest BCUT2D eigenvalue weighted by molar-refractivity contribution is -0.121. The van der Waals surface area contributed by atoms with Crippen molar-refractivity contribution in [3.63, 3.8) is 0 Å². The fraction of sp³-hybridized carbons (Fsp3) is 0.550. The Morgan fingerprint density at radius 1 is 1.14 bits per heavy atom. The number of hydrogen-bond donors (Lipinski definition) is 2. The van der Waals surface area contributed by atoms with Crippen LogP contribution in [0.4, 0.5) is 0 Å².